The van der Waals surface area contributed by atoms with Gasteiger partial charge in [0.1, 0.15) is 5.82 Å². The molecule has 0 amide bonds. The summed E-state index contributed by atoms with van der Waals surface area (Å²) in [6.45, 7) is 0. The van der Waals surface area contributed by atoms with Gasteiger partial charge in [0, 0.05) is 14.1 Å². The van der Waals surface area contributed by atoms with Gasteiger partial charge >= 0.3 is 10.2 Å². The zero-order valence-electron chi connectivity index (χ0n) is 6.77. The minimum Gasteiger partial charge on any atom is -0.331 e. The van der Waals surface area contributed by atoms with Crippen LogP contribution in [0, 0.1) is 0 Å². The Kier molecular flexibility index (Phi) is 2.34. The standard InChI is InChI=1S/C5H10N4O2S/c1-9(2)12(10,11)8-5-3-6-4-7-5/h3-4,8H,1-2H3,(H,6,7). The zero-order chi connectivity index (χ0) is 9.19. The van der Waals surface area contributed by atoms with Crippen molar-refractivity contribution in [2.75, 3.05) is 18.8 Å². The second kappa shape index (κ2) is 3.11. The van der Waals surface area contributed by atoms with Crippen LogP contribution in [-0.4, -0.2) is 36.8 Å². The van der Waals surface area contributed by atoms with Crippen molar-refractivity contribution in [2.45, 2.75) is 0 Å². The highest BCUT2D eigenvalue weighted by Gasteiger charge is 2.12. The first kappa shape index (κ1) is 9.01. The van der Waals surface area contributed by atoms with E-state index in [4.69, 9.17) is 0 Å². The molecule has 1 aromatic heterocycles. The fraction of sp³-hybridized carbons (Fsp3) is 0.400. The van der Waals surface area contributed by atoms with Crippen LogP contribution in [0.5, 0.6) is 0 Å². The molecule has 2 N–H and O–H groups in total. The van der Waals surface area contributed by atoms with Gasteiger partial charge in [-0.25, -0.2) is 4.98 Å². The summed E-state index contributed by atoms with van der Waals surface area (Å²) in [6.07, 6.45) is 2.79. The number of imidazole rings is 1. The molecular weight excluding hydrogens is 180 g/mol. The van der Waals surface area contributed by atoms with Crippen molar-refractivity contribution >= 4 is 16.0 Å². The van der Waals surface area contributed by atoms with Crippen molar-refractivity contribution in [2.24, 2.45) is 0 Å². The Hall–Kier alpha value is -1.08. The number of rotatable bonds is 3. The first-order valence-corrected chi connectivity index (χ1v) is 4.65. The smallest absolute Gasteiger partial charge is 0.302 e. The molecule has 0 aromatic carbocycles. The normalized spacial score (nSPS) is 11.9. The molecule has 12 heavy (non-hydrogen) atoms. The van der Waals surface area contributed by atoms with Gasteiger partial charge in [0.25, 0.3) is 0 Å². The molecule has 0 aliphatic rings. The van der Waals surface area contributed by atoms with Gasteiger partial charge in [-0.3, -0.25) is 4.72 Å². The molecule has 0 spiro atoms. The minimum atomic E-state index is -3.41. The summed E-state index contributed by atoms with van der Waals surface area (Å²) in [5, 5.41) is 0. The van der Waals surface area contributed by atoms with Crippen LogP contribution < -0.4 is 4.72 Å². The Morgan fingerprint density at radius 3 is 2.67 bits per heavy atom. The van der Waals surface area contributed by atoms with Crippen LogP contribution in [0.4, 0.5) is 5.82 Å². The average molecular weight is 190 g/mol. The van der Waals surface area contributed by atoms with Crippen molar-refractivity contribution in [1.29, 1.82) is 0 Å². The van der Waals surface area contributed by atoms with Crippen molar-refractivity contribution in [3.05, 3.63) is 12.5 Å². The summed E-state index contributed by atoms with van der Waals surface area (Å²) in [7, 11) is -0.523. The van der Waals surface area contributed by atoms with Gasteiger partial charge in [0.15, 0.2) is 0 Å². The van der Waals surface area contributed by atoms with Crippen LogP contribution in [0.2, 0.25) is 0 Å². The van der Waals surface area contributed by atoms with Crippen LogP contribution in [0.25, 0.3) is 0 Å². The van der Waals surface area contributed by atoms with Gasteiger partial charge in [0.2, 0.25) is 0 Å². The number of aromatic nitrogens is 2. The molecular formula is C5H10N4O2S. The predicted octanol–water partition coefficient (Wildman–Crippen LogP) is -0.372. The van der Waals surface area contributed by atoms with Crippen molar-refractivity contribution in [3.8, 4) is 0 Å². The Morgan fingerprint density at radius 1 is 1.58 bits per heavy atom. The molecule has 6 nitrogen and oxygen atoms in total. The van der Waals surface area contributed by atoms with Gasteiger partial charge in [-0.15, -0.1) is 0 Å². The number of nitrogens with zero attached hydrogens (tertiary/aromatic N) is 2. The number of aromatic amines is 1. The molecule has 1 rings (SSSR count). The maximum atomic E-state index is 11.2. The van der Waals surface area contributed by atoms with Crippen molar-refractivity contribution in [3.63, 3.8) is 0 Å². The van der Waals surface area contributed by atoms with Gasteiger partial charge in [-0.2, -0.15) is 12.7 Å². The fourth-order valence-corrected chi connectivity index (χ4v) is 1.11. The second-order valence-electron chi connectivity index (χ2n) is 2.35. The van der Waals surface area contributed by atoms with E-state index in [9.17, 15) is 8.42 Å². The molecule has 0 saturated carbocycles. The van der Waals surface area contributed by atoms with E-state index < -0.39 is 10.2 Å². The Balaban J connectivity index is 2.77. The molecule has 0 aliphatic heterocycles. The Morgan fingerprint density at radius 2 is 2.25 bits per heavy atom. The van der Waals surface area contributed by atoms with Crippen LogP contribution in [0.1, 0.15) is 0 Å². The SMILES string of the molecule is CN(C)S(=O)(=O)Nc1cnc[nH]1. The fourth-order valence-electron chi connectivity index (χ4n) is 0.542. The Bertz CT molecular complexity index is 328. The number of nitrogens with one attached hydrogen (secondary N) is 2. The highest BCUT2D eigenvalue weighted by Crippen LogP contribution is 2.03. The van der Waals surface area contributed by atoms with Gasteiger partial charge < -0.3 is 4.98 Å². The largest absolute Gasteiger partial charge is 0.331 e. The lowest BCUT2D eigenvalue weighted by Gasteiger charge is -2.11. The molecule has 1 heterocycles. The summed E-state index contributed by atoms with van der Waals surface area (Å²) < 4.78 is 25.7. The highest BCUT2D eigenvalue weighted by atomic mass is 32.2. The molecule has 1 aromatic rings. The topological polar surface area (TPSA) is 78.1 Å². The average Bonchev–Trinajstić information content (AvgIpc) is 2.38. The van der Waals surface area contributed by atoms with Crippen LogP contribution in [-0.2, 0) is 10.2 Å². The summed E-state index contributed by atoms with van der Waals surface area (Å²) in [5.74, 6) is 0.351. The van der Waals surface area contributed by atoms with Crippen LogP contribution >= 0.6 is 0 Å². The van der Waals surface area contributed by atoms with E-state index in [0.29, 0.717) is 5.82 Å². The van der Waals surface area contributed by atoms with E-state index >= 15 is 0 Å². The number of H-pyrrole nitrogens is 1. The number of anilines is 1. The monoisotopic (exact) mass is 190 g/mol. The molecule has 0 fully saturated rings. The molecule has 0 bridgehead atoms. The van der Waals surface area contributed by atoms with Gasteiger partial charge in [0.05, 0.1) is 12.5 Å². The van der Waals surface area contributed by atoms with E-state index in [1.807, 2.05) is 0 Å². The lowest BCUT2D eigenvalue weighted by Crippen LogP contribution is -2.29. The number of hydrogen-bond donors (Lipinski definition) is 2. The van der Waals surface area contributed by atoms with Gasteiger partial charge in [-0.1, -0.05) is 0 Å². The summed E-state index contributed by atoms with van der Waals surface area (Å²) in [4.78, 5) is 6.28. The summed E-state index contributed by atoms with van der Waals surface area (Å²) in [6, 6.07) is 0. The zero-order valence-corrected chi connectivity index (χ0v) is 7.59. The van der Waals surface area contributed by atoms with Gasteiger partial charge in [-0.05, 0) is 0 Å². The van der Waals surface area contributed by atoms with E-state index in [-0.39, 0.29) is 0 Å². The van der Waals surface area contributed by atoms with Crippen molar-refractivity contribution < 1.29 is 8.42 Å². The summed E-state index contributed by atoms with van der Waals surface area (Å²) >= 11 is 0. The molecule has 7 heteroatoms. The molecule has 0 unspecified atom stereocenters. The van der Waals surface area contributed by atoms with E-state index in [1.54, 1.807) is 0 Å². The first-order valence-electron chi connectivity index (χ1n) is 3.21. The second-order valence-corrected chi connectivity index (χ2v) is 4.24. The molecule has 0 saturated heterocycles. The van der Waals surface area contributed by atoms with E-state index in [2.05, 4.69) is 14.7 Å². The highest BCUT2D eigenvalue weighted by molar-refractivity contribution is 7.90. The molecule has 0 radical (unpaired) electrons. The maximum absolute atomic E-state index is 11.2. The predicted molar refractivity (Wildman–Crippen MR) is 44.8 cm³/mol. The lowest BCUT2D eigenvalue weighted by atomic mass is 10.8. The van der Waals surface area contributed by atoms with E-state index in [0.717, 1.165) is 4.31 Å². The molecule has 0 aliphatic carbocycles. The Labute approximate surface area is 70.8 Å². The summed E-state index contributed by atoms with van der Waals surface area (Å²) in [5.41, 5.74) is 0. The lowest BCUT2D eigenvalue weighted by molar-refractivity contribution is 0.526. The third-order valence-corrected chi connectivity index (χ3v) is 2.66. The molecule has 0 atom stereocenters. The van der Waals surface area contributed by atoms with Crippen LogP contribution in [0.15, 0.2) is 12.5 Å². The first-order chi connectivity index (χ1) is 5.52. The third-order valence-electron chi connectivity index (χ3n) is 1.22. The number of hydrogen-bond acceptors (Lipinski definition) is 3. The quantitative estimate of drug-likeness (QED) is 0.682. The maximum Gasteiger partial charge on any atom is 0.302 e. The van der Waals surface area contributed by atoms with Crippen LogP contribution in [0.3, 0.4) is 0 Å². The van der Waals surface area contributed by atoms with Crippen molar-refractivity contribution in [1.82, 2.24) is 14.3 Å². The van der Waals surface area contributed by atoms with E-state index in [1.165, 1.54) is 26.6 Å². The third kappa shape index (κ3) is 1.95. The minimum absolute atomic E-state index is 0.351. The molecule has 68 valence electrons.